The number of hydrogen-bond acceptors (Lipinski definition) is 6. The normalized spacial score (nSPS) is 12.7. The summed E-state index contributed by atoms with van der Waals surface area (Å²) in [5.41, 5.74) is 12.6. The molecule has 0 saturated heterocycles. The van der Waals surface area contributed by atoms with Crippen molar-refractivity contribution in [1.82, 2.24) is 9.97 Å². The second-order valence-corrected chi connectivity index (χ2v) is 6.68. The summed E-state index contributed by atoms with van der Waals surface area (Å²) in [6, 6.07) is 3.50. The predicted octanol–water partition coefficient (Wildman–Crippen LogP) is 2.43. The lowest BCUT2D eigenvalue weighted by Gasteiger charge is -2.20. The molecule has 0 aromatic carbocycles. The zero-order chi connectivity index (χ0) is 16.0. The van der Waals surface area contributed by atoms with Gasteiger partial charge in [0.2, 0.25) is 11.8 Å². The Morgan fingerprint density at radius 2 is 1.62 bits per heavy atom. The van der Waals surface area contributed by atoms with Crippen LogP contribution in [0.1, 0.15) is 46.0 Å². The van der Waals surface area contributed by atoms with E-state index in [1.807, 2.05) is 20.8 Å². The molecule has 6 nitrogen and oxygen atoms in total. The Morgan fingerprint density at radius 3 is 2.10 bits per heavy atom. The molecule has 0 aliphatic rings. The van der Waals surface area contributed by atoms with Crippen molar-refractivity contribution in [2.75, 3.05) is 11.5 Å². The van der Waals surface area contributed by atoms with Crippen LogP contribution in [0.5, 0.6) is 0 Å². The average molecular weight is 290 g/mol. The minimum atomic E-state index is -1.17. The molecule has 0 unspecified atom stereocenters. The van der Waals surface area contributed by atoms with Gasteiger partial charge in [0.25, 0.3) is 0 Å². The first-order valence-electron chi connectivity index (χ1n) is 6.76. The third-order valence-electron chi connectivity index (χ3n) is 3.09. The maximum absolute atomic E-state index is 10.0. The number of nitrogens with zero attached hydrogens (tertiary/aromatic N) is 2. The van der Waals surface area contributed by atoms with Crippen LogP contribution in [-0.4, -0.2) is 15.1 Å². The van der Waals surface area contributed by atoms with Crippen molar-refractivity contribution in [3.63, 3.8) is 0 Å². The molecule has 2 aromatic rings. The lowest BCUT2D eigenvalue weighted by Crippen LogP contribution is -2.18. The summed E-state index contributed by atoms with van der Waals surface area (Å²) >= 11 is 0. The van der Waals surface area contributed by atoms with Gasteiger partial charge in [-0.3, -0.25) is 0 Å². The third-order valence-corrected chi connectivity index (χ3v) is 3.09. The highest BCUT2D eigenvalue weighted by Gasteiger charge is 2.27. The summed E-state index contributed by atoms with van der Waals surface area (Å²) in [5, 5.41) is 10.0. The van der Waals surface area contributed by atoms with Crippen molar-refractivity contribution in [1.29, 1.82) is 0 Å². The van der Waals surface area contributed by atoms with Crippen molar-refractivity contribution in [2.24, 2.45) is 0 Å². The molecule has 0 atom stereocenters. The molecule has 0 radical (unpaired) electrons. The molecule has 0 saturated carbocycles. The highest BCUT2D eigenvalue weighted by molar-refractivity contribution is 5.57. The maximum Gasteiger partial charge on any atom is 0.247 e. The van der Waals surface area contributed by atoms with E-state index in [1.54, 1.807) is 26.0 Å². The lowest BCUT2D eigenvalue weighted by atomic mass is 9.90. The Bertz CT molecular complexity index is 663. The topological polar surface area (TPSA) is 111 Å². The van der Waals surface area contributed by atoms with Gasteiger partial charge < -0.3 is 21.0 Å². The zero-order valence-electron chi connectivity index (χ0n) is 13.1. The zero-order valence-corrected chi connectivity index (χ0v) is 13.1. The molecule has 2 rings (SSSR count). The van der Waals surface area contributed by atoms with Gasteiger partial charge in [0, 0.05) is 5.41 Å². The van der Waals surface area contributed by atoms with Crippen LogP contribution in [0.4, 0.5) is 11.6 Å². The van der Waals surface area contributed by atoms with E-state index < -0.39 is 5.60 Å². The van der Waals surface area contributed by atoms with E-state index in [1.165, 1.54) is 0 Å². The molecule has 6 heteroatoms. The Balaban J connectivity index is 2.54. The van der Waals surface area contributed by atoms with E-state index in [2.05, 4.69) is 9.97 Å². The van der Waals surface area contributed by atoms with Crippen molar-refractivity contribution >= 4 is 11.6 Å². The minimum absolute atomic E-state index is 0.0911. The summed E-state index contributed by atoms with van der Waals surface area (Å²) in [6.45, 7) is 9.29. The van der Waals surface area contributed by atoms with E-state index >= 15 is 0 Å². The van der Waals surface area contributed by atoms with Gasteiger partial charge in [0.1, 0.15) is 17.0 Å². The summed E-state index contributed by atoms with van der Waals surface area (Å²) in [7, 11) is 0. The van der Waals surface area contributed by atoms with Crippen LogP contribution in [0.2, 0.25) is 0 Å². The summed E-state index contributed by atoms with van der Waals surface area (Å²) in [6.07, 6.45) is 0. The monoisotopic (exact) mass is 290 g/mol. The van der Waals surface area contributed by atoms with E-state index in [0.29, 0.717) is 17.1 Å². The number of nitrogens with two attached hydrogens (primary N) is 2. The van der Waals surface area contributed by atoms with Gasteiger partial charge in [0.05, 0.1) is 11.4 Å². The van der Waals surface area contributed by atoms with Crippen LogP contribution < -0.4 is 11.5 Å². The number of aromatic nitrogens is 2. The van der Waals surface area contributed by atoms with Crippen molar-refractivity contribution in [3.05, 3.63) is 23.5 Å². The van der Waals surface area contributed by atoms with E-state index in [0.717, 1.165) is 5.69 Å². The third kappa shape index (κ3) is 3.00. The van der Waals surface area contributed by atoms with Crippen LogP contribution in [0, 0.1) is 0 Å². The molecule has 0 amide bonds. The highest BCUT2D eigenvalue weighted by atomic mass is 16.4. The van der Waals surface area contributed by atoms with Crippen molar-refractivity contribution in [2.45, 2.75) is 45.6 Å². The first-order valence-corrected chi connectivity index (χ1v) is 6.76. The number of nitrogen functional groups attached to an aromatic ring is 2. The van der Waals surface area contributed by atoms with Crippen LogP contribution in [-0.2, 0) is 11.0 Å². The molecule has 114 valence electrons. The number of anilines is 2. The summed E-state index contributed by atoms with van der Waals surface area (Å²) < 4.78 is 5.44. The molecule has 0 aliphatic carbocycles. The average Bonchev–Trinajstić information content (AvgIpc) is 2.70. The number of aliphatic hydroxyl groups is 1. The molecule has 2 aromatic heterocycles. The Labute approximate surface area is 124 Å². The first-order chi connectivity index (χ1) is 9.50. The van der Waals surface area contributed by atoms with E-state index in [-0.39, 0.29) is 17.2 Å². The van der Waals surface area contributed by atoms with Gasteiger partial charge in [0.15, 0.2) is 0 Å². The van der Waals surface area contributed by atoms with Gasteiger partial charge in [-0.2, -0.15) is 0 Å². The Morgan fingerprint density at radius 1 is 1.00 bits per heavy atom. The van der Waals surface area contributed by atoms with Crippen LogP contribution >= 0.6 is 0 Å². The van der Waals surface area contributed by atoms with Crippen molar-refractivity contribution in [3.8, 4) is 11.6 Å². The van der Waals surface area contributed by atoms with Crippen LogP contribution in [0.3, 0.4) is 0 Å². The largest absolute Gasteiger partial charge is 0.419 e. The quantitative estimate of drug-likeness (QED) is 0.783. The van der Waals surface area contributed by atoms with Crippen molar-refractivity contribution < 1.29 is 9.52 Å². The number of rotatable bonds is 2. The first kappa shape index (κ1) is 15.3. The fourth-order valence-electron chi connectivity index (χ4n) is 2.07. The van der Waals surface area contributed by atoms with Gasteiger partial charge in [-0.1, -0.05) is 20.8 Å². The fourth-order valence-corrected chi connectivity index (χ4v) is 2.07. The SMILES string of the molecule is CC(C)(C)c1nc(-c2nc(C(C)(C)O)c(N)o2)ccc1N. The standard InChI is InChI=1S/C15H22N4O2/c1-14(2,3)10-8(16)6-7-9(18-10)13-19-11(12(17)21-13)15(4,5)20/h6-7,20H,16-17H2,1-5H3. The van der Waals surface area contributed by atoms with Gasteiger partial charge in [-0.15, -0.1) is 0 Å². The maximum atomic E-state index is 10.0. The van der Waals surface area contributed by atoms with Gasteiger partial charge in [-0.05, 0) is 26.0 Å². The molecule has 0 fully saturated rings. The lowest BCUT2D eigenvalue weighted by molar-refractivity contribution is 0.0748. The summed E-state index contributed by atoms with van der Waals surface area (Å²) in [4.78, 5) is 8.79. The molecule has 2 heterocycles. The smallest absolute Gasteiger partial charge is 0.247 e. The molecule has 5 N–H and O–H groups in total. The molecular weight excluding hydrogens is 268 g/mol. The second kappa shape index (κ2) is 4.73. The Hall–Kier alpha value is -2.08. The molecule has 0 aliphatic heterocycles. The number of oxazole rings is 1. The number of pyridine rings is 1. The fraction of sp³-hybridized carbons (Fsp3) is 0.467. The Kier molecular flexibility index (Phi) is 3.45. The second-order valence-electron chi connectivity index (χ2n) is 6.68. The van der Waals surface area contributed by atoms with Crippen LogP contribution in [0.15, 0.2) is 16.5 Å². The summed E-state index contributed by atoms with van der Waals surface area (Å²) in [5.74, 6) is 0.364. The molecule has 21 heavy (non-hydrogen) atoms. The molecule has 0 bridgehead atoms. The minimum Gasteiger partial charge on any atom is -0.419 e. The highest BCUT2D eigenvalue weighted by Crippen LogP contribution is 2.32. The molecular formula is C15H22N4O2. The molecule has 0 spiro atoms. The van der Waals surface area contributed by atoms with Crippen LogP contribution in [0.25, 0.3) is 11.6 Å². The van der Waals surface area contributed by atoms with Gasteiger partial charge in [-0.25, -0.2) is 9.97 Å². The van der Waals surface area contributed by atoms with Gasteiger partial charge >= 0.3 is 0 Å². The van der Waals surface area contributed by atoms with E-state index in [4.69, 9.17) is 15.9 Å². The number of hydrogen-bond donors (Lipinski definition) is 3. The predicted molar refractivity (Wildman–Crippen MR) is 82.5 cm³/mol. The van der Waals surface area contributed by atoms with E-state index in [9.17, 15) is 5.11 Å².